The van der Waals surface area contributed by atoms with Crippen molar-refractivity contribution in [2.75, 3.05) is 20.6 Å². The molecule has 0 N–H and O–H groups in total. The summed E-state index contributed by atoms with van der Waals surface area (Å²) in [6.07, 6.45) is 4.77. The van der Waals surface area contributed by atoms with E-state index in [9.17, 15) is 0 Å². The van der Waals surface area contributed by atoms with Gasteiger partial charge in [-0.05, 0) is 14.1 Å². The van der Waals surface area contributed by atoms with Gasteiger partial charge < -0.3 is 14.0 Å². The van der Waals surface area contributed by atoms with E-state index in [-0.39, 0.29) is 0 Å². The predicted octanol–water partition coefficient (Wildman–Crippen LogP) is 1.03. The van der Waals surface area contributed by atoms with E-state index in [0.29, 0.717) is 0 Å². The number of aryl methyl sites for hydroxylation is 1. The molecule has 108 valence electrons. The van der Waals surface area contributed by atoms with Crippen LogP contribution in [0.3, 0.4) is 0 Å². The highest BCUT2D eigenvalue weighted by Crippen LogP contribution is 2.24. The topological polar surface area (TPSA) is 50.3 Å². The fourth-order valence-electron chi connectivity index (χ4n) is 2.63. The average molecular weight is 275 g/mol. The Morgan fingerprint density at radius 3 is 2.95 bits per heavy atom. The van der Waals surface area contributed by atoms with Crippen LogP contribution in [0.25, 0.3) is 0 Å². The summed E-state index contributed by atoms with van der Waals surface area (Å²) in [7, 11) is 6.14. The highest BCUT2D eigenvalue weighted by Gasteiger charge is 2.24. The van der Waals surface area contributed by atoms with Crippen LogP contribution in [0, 0.1) is 0 Å². The van der Waals surface area contributed by atoms with Crippen LogP contribution in [-0.2, 0) is 33.1 Å². The molecule has 0 amide bonds. The third kappa shape index (κ3) is 2.62. The number of nitrogens with zero attached hydrogens (tertiary/aromatic N) is 5. The molecule has 0 unspecified atom stereocenters. The third-order valence-corrected chi connectivity index (χ3v) is 3.74. The summed E-state index contributed by atoms with van der Waals surface area (Å²) in [4.78, 5) is 8.92. The van der Waals surface area contributed by atoms with Crippen molar-refractivity contribution in [1.29, 1.82) is 0 Å². The van der Waals surface area contributed by atoms with Crippen LogP contribution < -0.4 is 0 Å². The van der Waals surface area contributed by atoms with Crippen molar-refractivity contribution in [1.82, 2.24) is 24.5 Å². The first-order valence-corrected chi connectivity index (χ1v) is 6.93. The Balaban J connectivity index is 1.74. The largest absolute Gasteiger partial charge is 0.361 e. The molecular weight excluding hydrogens is 254 g/mol. The Morgan fingerprint density at radius 2 is 2.25 bits per heavy atom. The SMILES string of the molecule is CN(C)Cc1noc2c1CN(Cc1nccn1C)CC2. The highest BCUT2D eigenvalue weighted by atomic mass is 16.5. The summed E-state index contributed by atoms with van der Waals surface area (Å²) in [5.74, 6) is 2.15. The van der Waals surface area contributed by atoms with Gasteiger partial charge >= 0.3 is 0 Å². The lowest BCUT2D eigenvalue weighted by Crippen LogP contribution is -2.31. The normalized spacial score (nSPS) is 15.8. The van der Waals surface area contributed by atoms with Crippen molar-refractivity contribution in [3.05, 3.63) is 35.2 Å². The maximum atomic E-state index is 5.47. The molecule has 3 rings (SSSR count). The molecule has 0 fully saturated rings. The van der Waals surface area contributed by atoms with Gasteiger partial charge in [0.25, 0.3) is 0 Å². The lowest BCUT2D eigenvalue weighted by molar-refractivity contribution is 0.221. The zero-order chi connectivity index (χ0) is 14.1. The second kappa shape index (κ2) is 5.38. The quantitative estimate of drug-likeness (QED) is 0.834. The first-order valence-electron chi connectivity index (χ1n) is 6.93. The second-order valence-electron chi connectivity index (χ2n) is 5.68. The molecule has 0 aliphatic carbocycles. The summed E-state index contributed by atoms with van der Waals surface area (Å²) in [6.45, 7) is 3.59. The Hall–Kier alpha value is -1.66. The third-order valence-electron chi connectivity index (χ3n) is 3.74. The number of imidazole rings is 1. The minimum Gasteiger partial charge on any atom is -0.361 e. The second-order valence-corrected chi connectivity index (χ2v) is 5.68. The van der Waals surface area contributed by atoms with Gasteiger partial charge in [-0.25, -0.2) is 4.98 Å². The van der Waals surface area contributed by atoms with Crippen LogP contribution in [-0.4, -0.2) is 45.1 Å². The van der Waals surface area contributed by atoms with Crippen LogP contribution >= 0.6 is 0 Å². The van der Waals surface area contributed by atoms with Crippen molar-refractivity contribution in [3.63, 3.8) is 0 Å². The molecule has 2 aromatic rings. The summed E-state index contributed by atoms with van der Waals surface area (Å²) >= 11 is 0. The minimum atomic E-state index is 0.828. The average Bonchev–Trinajstić information content (AvgIpc) is 2.97. The van der Waals surface area contributed by atoms with Gasteiger partial charge in [-0.15, -0.1) is 0 Å². The Morgan fingerprint density at radius 1 is 1.40 bits per heavy atom. The number of rotatable bonds is 4. The van der Waals surface area contributed by atoms with Gasteiger partial charge in [0, 0.05) is 51.1 Å². The van der Waals surface area contributed by atoms with Crippen LogP contribution in [0.5, 0.6) is 0 Å². The standard InChI is InChI=1S/C14H21N5O/c1-17(2)9-12-11-8-19(6-4-13(11)20-16-12)10-14-15-5-7-18(14)3/h5,7H,4,6,8-10H2,1-3H3. The maximum Gasteiger partial charge on any atom is 0.142 e. The van der Waals surface area contributed by atoms with E-state index in [4.69, 9.17) is 4.52 Å². The van der Waals surface area contributed by atoms with E-state index in [1.807, 2.05) is 19.4 Å². The van der Waals surface area contributed by atoms with Crippen molar-refractivity contribution in [2.45, 2.75) is 26.1 Å². The summed E-state index contributed by atoms with van der Waals surface area (Å²) in [5.41, 5.74) is 2.33. The van der Waals surface area contributed by atoms with Crippen molar-refractivity contribution >= 4 is 0 Å². The summed E-state index contributed by atoms with van der Waals surface area (Å²) in [5, 5.41) is 4.22. The Kier molecular flexibility index (Phi) is 3.58. The summed E-state index contributed by atoms with van der Waals surface area (Å²) < 4.78 is 7.54. The molecule has 0 saturated heterocycles. The predicted molar refractivity (Wildman–Crippen MR) is 74.9 cm³/mol. The van der Waals surface area contributed by atoms with Gasteiger partial charge in [-0.1, -0.05) is 5.16 Å². The molecule has 0 radical (unpaired) electrons. The van der Waals surface area contributed by atoms with Crippen LogP contribution in [0.15, 0.2) is 16.9 Å². The maximum absolute atomic E-state index is 5.47. The van der Waals surface area contributed by atoms with E-state index in [0.717, 1.165) is 49.9 Å². The lowest BCUT2D eigenvalue weighted by Gasteiger charge is -2.25. The van der Waals surface area contributed by atoms with Crippen molar-refractivity contribution in [2.24, 2.45) is 7.05 Å². The molecule has 0 spiro atoms. The first kappa shape index (κ1) is 13.3. The zero-order valence-corrected chi connectivity index (χ0v) is 12.3. The summed E-state index contributed by atoms with van der Waals surface area (Å²) in [6, 6.07) is 0. The molecular formula is C14H21N5O. The Bertz CT molecular complexity index is 586. The molecule has 0 bridgehead atoms. The molecule has 0 atom stereocenters. The van der Waals surface area contributed by atoms with E-state index in [1.54, 1.807) is 0 Å². The fraction of sp³-hybridized carbons (Fsp3) is 0.571. The molecule has 20 heavy (non-hydrogen) atoms. The first-order chi connectivity index (χ1) is 9.63. The van der Waals surface area contributed by atoms with E-state index in [2.05, 4.69) is 38.6 Å². The lowest BCUT2D eigenvalue weighted by atomic mass is 10.1. The molecule has 3 heterocycles. The van der Waals surface area contributed by atoms with Gasteiger partial charge in [-0.2, -0.15) is 0 Å². The van der Waals surface area contributed by atoms with Crippen molar-refractivity contribution < 1.29 is 4.52 Å². The number of fused-ring (bicyclic) bond motifs is 1. The molecule has 1 aliphatic rings. The van der Waals surface area contributed by atoms with Gasteiger partial charge in [0.15, 0.2) is 0 Å². The van der Waals surface area contributed by atoms with Gasteiger partial charge in [0.2, 0.25) is 0 Å². The van der Waals surface area contributed by atoms with Crippen LogP contribution in [0.2, 0.25) is 0 Å². The fourth-order valence-corrected chi connectivity index (χ4v) is 2.63. The van der Waals surface area contributed by atoms with Gasteiger partial charge in [0.05, 0.1) is 6.54 Å². The molecule has 0 aromatic carbocycles. The van der Waals surface area contributed by atoms with Crippen molar-refractivity contribution in [3.8, 4) is 0 Å². The monoisotopic (exact) mass is 275 g/mol. The molecule has 6 nitrogen and oxygen atoms in total. The Labute approximate surface area is 119 Å². The minimum absolute atomic E-state index is 0.828. The van der Waals surface area contributed by atoms with E-state index < -0.39 is 0 Å². The number of hydrogen-bond donors (Lipinski definition) is 0. The van der Waals surface area contributed by atoms with Gasteiger partial charge in [0.1, 0.15) is 17.3 Å². The number of hydrogen-bond acceptors (Lipinski definition) is 5. The molecule has 6 heteroatoms. The smallest absolute Gasteiger partial charge is 0.142 e. The van der Waals surface area contributed by atoms with E-state index >= 15 is 0 Å². The van der Waals surface area contributed by atoms with Gasteiger partial charge in [-0.3, -0.25) is 4.90 Å². The molecule has 0 saturated carbocycles. The van der Waals surface area contributed by atoms with Crippen LogP contribution in [0.4, 0.5) is 0 Å². The highest BCUT2D eigenvalue weighted by molar-refractivity contribution is 5.25. The zero-order valence-electron chi connectivity index (χ0n) is 12.3. The molecule has 1 aliphatic heterocycles. The number of aromatic nitrogens is 3. The van der Waals surface area contributed by atoms with E-state index in [1.165, 1.54) is 5.56 Å². The van der Waals surface area contributed by atoms with Crippen LogP contribution in [0.1, 0.15) is 22.8 Å². The molecule has 2 aromatic heterocycles.